The van der Waals surface area contributed by atoms with Crippen molar-refractivity contribution in [2.75, 3.05) is 0 Å². The third-order valence-corrected chi connectivity index (χ3v) is 1.94. The summed E-state index contributed by atoms with van der Waals surface area (Å²) >= 11 is 5.90. The smallest absolute Gasteiger partial charge is 0.142 e. The van der Waals surface area contributed by atoms with E-state index in [-0.39, 0.29) is 0 Å². The molecule has 0 amide bonds. The fourth-order valence-electron chi connectivity index (χ4n) is 0.991. The average Bonchev–Trinajstić information content (AvgIpc) is 2.04. The second-order valence-corrected chi connectivity index (χ2v) is 2.87. The van der Waals surface area contributed by atoms with E-state index in [0.29, 0.717) is 5.02 Å². The molecule has 0 N–H and O–H groups in total. The van der Waals surface area contributed by atoms with Crippen molar-refractivity contribution in [1.29, 1.82) is 0 Å². The fraction of sp³-hybridized carbons (Fsp3) is 0.100. The van der Waals surface area contributed by atoms with Crippen LogP contribution in [0.5, 0.6) is 0 Å². The highest BCUT2D eigenvalue weighted by Crippen LogP contribution is 2.20. The highest BCUT2D eigenvalue weighted by molar-refractivity contribution is 6.32. The molecule has 0 aliphatic heterocycles. The van der Waals surface area contributed by atoms with Gasteiger partial charge in [-0.3, -0.25) is 4.79 Å². The second-order valence-electron chi connectivity index (χ2n) is 2.47. The minimum atomic E-state index is 0.674. The minimum Gasteiger partial charge on any atom is -0.299 e. The van der Waals surface area contributed by atoms with E-state index in [1.165, 1.54) is 6.08 Å². The van der Waals surface area contributed by atoms with Crippen molar-refractivity contribution in [1.82, 2.24) is 0 Å². The summed E-state index contributed by atoms with van der Waals surface area (Å²) < 4.78 is 0. The van der Waals surface area contributed by atoms with E-state index in [2.05, 4.69) is 0 Å². The molecule has 0 unspecified atom stereocenters. The van der Waals surface area contributed by atoms with Gasteiger partial charge in [-0.15, -0.1) is 0 Å². The molecular formula is C10H9ClO. The van der Waals surface area contributed by atoms with Crippen molar-refractivity contribution in [3.63, 3.8) is 0 Å². The predicted molar refractivity (Wildman–Crippen MR) is 51.3 cm³/mol. The van der Waals surface area contributed by atoms with Crippen LogP contribution in [0.25, 0.3) is 6.08 Å². The van der Waals surface area contributed by atoms with E-state index >= 15 is 0 Å². The van der Waals surface area contributed by atoms with Crippen LogP contribution >= 0.6 is 11.6 Å². The predicted octanol–water partition coefficient (Wildman–Crippen LogP) is 2.86. The molecule has 0 spiro atoms. The lowest BCUT2D eigenvalue weighted by molar-refractivity contribution is -0.104. The number of rotatable bonds is 2. The lowest BCUT2D eigenvalue weighted by Gasteiger charge is -2.00. The number of aldehydes is 1. The Kier molecular flexibility index (Phi) is 3.06. The number of allylic oxidation sites excluding steroid dienone is 1. The molecule has 0 saturated carbocycles. The molecule has 0 fully saturated rings. The first-order chi connectivity index (χ1) is 5.75. The van der Waals surface area contributed by atoms with E-state index in [1.807, 2.05) is 19.1 Å². The molecule has 0 atom stereocenters. The third kappa shape index (κ3) is 1.95. The summed E-state index contributed by atoms with van der Waals surface area (Å²) in [4.78, 5) is 10.1. The molecule has 1 nitrogen and oxygen atoms in total. The molecule has 1 aromatic rings. The van der Waals surface area contributed by atoms with Crippen LogP contribution in [0.2, 0.25) is 5.02 Å². The number of hydrogen-bond donors (Lipinski definition) is 0. The summed E-state index contributed by atoms with van der Waals surface area (Å²) in [5, 5.41) is 0.674. The largest absolute Gasteiger partial charge is 0.299 e. The SMILES string of the molecule is Cc1cccc(Cl)c1C=CC=O. The summed E-state index contributed by atoms with van der Waals surface area (Å²) in [5.41, 5.74) is 1.98. The molecule has 1 rings (SSSR count). The summed E-state index contributed by atoms with van der Waals surface area (Å²) in [5.74, 6) is 0. The van der Waals surface area contributed by atoms with Gasteiger partial charge in [0.25, 0.3) is 0 Å². The lowest BCUT2D eigenvalue weighted by Crippen LogP contribution is -1.81. The van der Waals surface area contributed by atoms with E-state index < -0.39 is 0 Å². The molecule has 0 heterocycles. The number of carbonyl (C=O) groups is 1. The van der Waals surface area contributed by atoms with Gasteiger partial charge < -0.3 is 0 Å². The van der Waals surface area contributed by atoms with Crippen LogP contribution in [0.15, 0.2) is 24.3 Å². The van der Waals surface area contributed by atoms with Crippen LogP contribution in [-0.4, -0.2) is 6.29 Å². The van der Waals surface area contributed by atoms with Crippen molar-refractivity contribution < 1.29 is 4.79 Å². The monoisotopic (exact) mass is 180 g/mol. The molecule has 62 valence electrons. The first-order valence-electron chi connectivity index (χ1n) is 3.62. The van der Waals surface area contributed by atoms with Crippen LogP contribution < -0.4 is 0 Å². The van der Waals surface area contributed by atoms with Crippen molar-refractivity contribution in [3.05, 3.63) is 40.4 Å². The van der Waals surface area contributed by atoms with E-state index in [4.69, 9.17) is 11.6 Å². The Hall–Kier alpha value is -1.08. The number of benzene rings is 1. The lowest BCUT2D eigenvalue weighted by atomic mass is 10.1. The summed E-state index contributed by atoms with van der Waals surface area (Å²) in [6, 6.07) is 5.64. The summed E-state index contributed by atoms with van der Waals surface area (Å²) in [6.45, 7) is 1.95. The first kappa shape index (κ1) is 9.01. The van der Waals surface area contributed by atoms with Gasteiger partial charge in [0.2, 0.25) is 0 Å². The molecule has 0 radical (unpaired) electrons. The van der Waals surface area contributed by atoms with Crippen LogP contribution in [0.3, 0.4) is 0 Å². The quantitative estimate of drug-likeness (QED) is 0.505. The Balaban J connectivity index is 3.12. The molecule has 0 aliphatic carbocycles. The number of halogens is 1. The van der Waals surface area contributed by atoms with E-state index in [1.54, 1.807) is 12.1 Å². The number of hydrogen-bond acceptors (Lipinski definition) is 1. The van der Waals surface area contributed by atoms with Gasteiger partial charge in [-0.05, 0) is 36.3 Å². The molecule has 0 aromatic heterocycles. The molecule has 2 heteroatoms. The summed E-state index contributed by atoms with van der Waals surface area (Å²) in [7, 11) is 0. The van der Waals surface area contributed by atoms with Crippen molar-refractivity contribution >= 4 is 24.0 Å². The van der Waals surface area contributed by atoms with Gasteiger partial charge in [0.05, 0.1) is 0 Å². The fourth-order valence-corrected chi connectivity index (χ4v) is 1.28. The number of aryl methyl sites for hydroxylation is 1. The number of carbonyl (C=O) groups excluding carboxylic acids is 1. The maximum atomic E-state index is 10.1. The molecular weight excluding hydrogens is 172 g/mol. The Morgan fingerprint density at radius 2 is 2.17 bits per heavy atom. The molecule has 1 aromatic carbocycles. The van der Waals surface area contributed by atoms with E-state index in [0.717, 1.165) is 17.4 Å². The first-order valence-corrected chi connectivity index (χ1v) is 4.00. The zero-order chi connectivity index (χ0) is 8.97. The Morgan fingerprint density at radius 1 is 1.42 bits per heavy atom. The van der Waals surface area contributed by atoms with Crippen molar-refractivity contribution in [2.45, 2.75) is 6.92 Å². The van der Waals surface area contributed by atoms with Crippen molar-refractivity contribution in [2.24, 2.45) is 0 Å². The van der Waals surface area contributed by atoms with E-state index in [9.17, 15) is 4.79 Å². The zero-order valence-electron chi connectivity index (χ0n) is 6.75. The van der Waals surface area contributed by atoms with Gasteiger partial charge in [0.1, 0.15) is 6.29 Å². The Labute approximate surface area is 76.7 Å². The van der Waals surface area contributed by atoms with Crippen molar-refractivity contribution in [3.8, 4) is 0 Å². The normalized spacial score (nSPS) is 10.5. The van der Waals surface area contributed by atoms with Gasteiger partial charge in [0.15, 0.2) is 0 Å². The van der Waals surface area contributed by atoms with Gasteiger partial charge in [-0.1, -0.05) is 23.7 Å². The zero-order valence-corrected chi connectivity index (χ0v) is 7.51. The average molecular weight is 181 g/mol. The third-order valence-electron chi connectivity index (χ3n) is 1.61. The standard InChI is InChI=1S/C10H9ClO/c1-8-4-2-6-10(11)9(8)5-3-7-12/h2-7H,1H3. The van der Waals surface area contributed by atoms with Gasteiger partial charge in [-0.2, -0.15) is 0 Å². The Morgan fingerprint density at radius 3 is 2.75 bits per heavy atom. The van der Waals surface area contributed by atoms with Gasteiger partial charge in [-0.25, -0.2) is 0 Å². The van der Waals surface area contributed by atoms with Crippen LogP contribution in [0.1, 0.15) is 11.1 Å². The molecule has 0 saturated heterocycles. The van der Waals surface area contributed by atoms with Gasteiger partial charge >= 0.3 is 0 Å². The Bertz CT molecular complexity index is 295. The minimum absolute atomic E-state index is 0.674. The molecule has 0 aliphatic rings. The van der Waals surface area contributed by atoms with Crippen LogP contribution in [-0.2, 0) is 4.79 Å². The molecule has 12 heavy (non-hydrogen) atoms. The highest BCUT2D eigenvalue weighted by atomic mass is 35.5. The maximum Gasteiger partial charge on any atom is 0.142 e. The molecule has 0 bridgehead atoms. The van der Waals surface area contributed by atoms with Gasteiger partial charge in [0, 0.05) is 5.02 Å². The highest BCUT2D eigenvalue weighted by Gasteiger charge is 1.97. The topological polar surface area (TPSA) is 17.1 Å². The summed E-state index contributed by atoms with van der Waals surface area (Å²) in [6.07, 6.45) is 3.89. The van der Waals surface area contributed by atoms with Crippen LogP contribution in [0, 0.1) is 6.92 Å². The maximum absolute atomic E-state index is 10.1. The second kappa shape index (κ2) is 4.07. The van der Waals surface area contributed by atoms with Crippen LogP contribution in [0.4, 0.5) is 0 Å².